The van der Waals surface area contributed by atoms with Crippen LogP contribution < -0.4 is 0 Å². The standard InChI is InChI=1S/C12H18BrNO2S/c1-9(10-7-5-6-8-14-10)11(13)12(2,3)17(4,15)16/h5-9,11H,1-4H3. The molecule has 0 bridgehead atoms. The first-order valence-electron chi connectivity index (χ1n) is 5.42. The van der Waals surface area contributed by atoms with Gasteiger partial charge in [-0.2, -0.15) is 0 Å². The zero-order valence-corrected chi connectivity index (χ0v) is 12.9. The van der Waals surface area contributed by atoms with Crippen LogP contribution in [0.15, 0.2) is 24.4 Å². The Morgan fingerprint density at radius 3 is 2.35 bits per heavy atom. The van der Waals surface area contributed by atoms with E-state index in [4.69, 9.17) is 0 Å². The number of hydrogen-bond donors (Lipinski definition) is 0. The van der Waals surface area contributed by atoms with Gasteiger partial charge in [0.05, 0.1) is 4.75 Å². The third-order valence-electron chi connectivity index (χ3n) is 3.21. The van der Waals surface area contributed by atoms with Crippen molar-refractivity contribution in [3.05, 3.63) is 30.1 Å². The van der Waals surface area contributed by atoms with Crippen molar-refractivity contribution in [3.63, 3.8) is 0 Å². The van der Waals surface area contributed by atoms with Crippen molar-refractivity contribution in [2.45, 2.75) is 36.3 Å². The number of alkyl halides is 1. The Balaban J connectivity index is 3.03. The lowest BCUT2D eigenvalue weighted by molar-refractivity contribution is 0.515. The van der Waals surface area contributed by atoms with Crippen molar-refractivity contribution >= 4 is 25.8 Å². The smallest absolute Gasteiger partial charge is 0.153 e. The first kappa shape index (κ1) is 14.6. The third-order valence-corrected chi connectivity index (χ3v) is 7.62. The molecule has 0 aliphatic heterocycles. The Bertz CT molecular complexity index is 471. The number of halogens is 1. The molecule has 0 fully saturated rings. The maximum Gasteiger partial charge on any atom is 0.153 e. The van der Waals surface area contributed by atoms with Gasteiger partial charge in [-0.15, -0.1) is 0 Å². The highest BCUT2D eigenvalue weighted by Crippen LogP contribution is 2.35. The molecular formula is C12H18BrNO2S. The van der Waals surface area contributed by atoms with E-state index in [-0.39, 0.29) is 10.7 Å². The molecule has 1 aromatic heterocycles. The van der Waals surface area contributed by atoms with E-state index in [9.17, 15) is 8.42 Å². The molecule has 96 valence electrons. The van der Waals surface area contributed by atoms with E-state index in [1.165, 1.54) is 6.26 Å². The van der Waals surface area contributed by atoms with E-state index >= 15 is 0 Å². The summed E-state index contributed by atoms with van der Waals surface area (Å²) < 4.78 is 22.7. The van der Waals surface area contributed by atoms with Crippen LogP contribution in [0.5, 0.6) is 0 Å². The molecule has 2 unspecified atom stereocenters. The van der Waals surface area contributed by atoms with E-state index in [0.717, 1.165) is 5.69 Å². The molecule has 5 heteroatoms. The predicted octanol–water partition coefficient (Wildman–Crippen LogP) is 2.77. The van der Waals surface area contributed by atoms with Gasteiger partial charge in [0.15, 0.2) is 9.84 Å². The molecule has 0 amide bonds. The number of nitrogens with zero attached hydrogens (tertiary/aromatic N) is 1. The lowest BCUT2D eigenvalue weighted by Crippen LogP contribution is -2.42. The van der Waals surface area contributed by atoms with Gasteiger partial charge in [0.1, 0.15) is 0 Å². The Morgan fingerprint density at radius 1 is 1.35 bits per heavy atom. The van der Waals surface area contributed by atoms with E-state index in [1.54, 1.807) is 20.0 Å². The van der Waals surface area contributed by atoms with E-state index in [1.807, 2.05) is 25.1 Å². The van der Waals surface area contributed by atoms with Gasteiger partial charge in [-0.25, -0.2) is 8.42 Å². The number of hydrogen-bond acceptors (Lipinski definition) is 3. The second kappa shape index (κ2) is 5.06. The number of sulfone groups is 1. The van der Waals surface area contributed by atoms with E-state index in [0.29, 0.717) is 0 Å². The first-order valence-corrected chi connectivity index (χ1v) is 8.23. The summed E-state index contributed by atoms with van der Waals surface area (Å²) in [5, 5.41) is 0. The number of aromatic nitrogens is 1. The van der Waals surface area contributed by atoms with Crippen LogP contribution in [-0.2, 0) is 9.84 Å². The van der Waals surface area contributed by atoms with Crippen molar-refractivity contribution in [2.24, 2.45) is 0 Å². The molecular weight excluding hydrogens is 302 g/mol. The molecule has 1 rings (SSSR count). The summed E-state index contributed by atoms with van der Waals surface area (Å²) in [6.07, 6.45) is 2.99. The summed E-state index contributed by atoms with van der Waals surface area (Å²) in [7, 11) is -3.13. The Morgan fingerprint density at radius 2 is 1.94 bits per heavy atom. The topological polar surface area (TPSA) is 47.0 Å². The fourth-order valence-corrected chi connectivity index (χ4v) is 3.50. The Hall–Kier alpha value is -0.420. The molecule has 1 heterocycles. The molecule has 0 aliphatic rings. The van der Waals surface area contributed by atoms with Crippen LogP contribution in [0.2, 0.25) is 0 Å². The molecule has 0 N–H and O–H groups in total. The summed E-state index contributed by atoms with van der Waals surface area (Å²) in [4.78, 5) is 4.09. The van der Waals surface area contributed by atoms with Crippen molar-refractivity contribution < 1.29 is 8.42 Å². The second-order valence-corrected chi connectivity index (χ2v) is 8.40. The molecule has 2 atom stereocenters. The van der Waals surface area contributed by atoms with E-state index < -0.39 is 14.6 Å². The summed E-state index contributed by atoms with van der Waals surface area (Å²) in [6.45, 7) is 5.46. The zero-order chi connectivity index (χ0) is 13.3. The SMILES string of the molecule is CC(c1ccccn1)C(Br)C(C)(C)S(C)(=O)=O. The van der Waals surface area contributed by atoms with Gasteiger partial charge in [0.25, 0.3) is 0 Å². The molecule has 0 aliphatic carbocycles. The molecule has 3 nitrogen and oxygen atoms in total. The van der Waals surface area contributed by atoms with Gasteiger partial charge in [-0.05, 0) is 26.0 Å². The lowest BCUT2D eigenvalue weighted by atomic mass is 9.94. The average molecular weight is 320 g/mol. The quantitative estimate of drug-likeness (QED) is 0.802. The highest BCUT2D eigenvalue weighted by Gasteiger charge is 2.41. The summed E-state index contributed by atoms with van der Waals surface area (Å²) in [6, 6.07) is 5.67. The van der Waals surface area contributed by atoms with Gasteiger partial charge < -0.3 is 0 Å². The molecule has 0 saturated heterocycles. The van der Waals surface area contributed by atoms with Crippen LogP contribution in [0.25, 0.3) is 0 Å². The Kier molecular flexibility index (Phi) is 4.36. The number of pyridine rings is 1. The third kappa shape index (κ3) is 3.07. The van der Waals surface area contributed by atoms with Gasteiger partial charge in [-0.3, -0.25) is 4.98 Å². The van der Waals surface area contributed by atoms with Crippen LogP contribution >= 0.6 is 15.9 Å². The molecule has 0 radical (unpaired) electrons. The largest absolute Gasteiger partial charge is 0.261 e. The highest BCUT2D eigenvalue weighted by molar-refractivity contribution is 9.09. The maximum absolute atomic E-state index is 11.8. The zero-order valence-electron chi connectivity index (χ0n) is 10.5. The minimum atomic E-state index is -3.13. The van der Waals surface area contributed by atoms with Crippen molar-refractivity contribution in [1.82, 2.24) is 4.98 Å². The van der Waals surface area contributed by atoms with Crippen LogP contribution in [0.4, 0.5) is 0 Å². The molecule has 1 aromatic rings. The minimum Gasteiger partial charge on any atom is -0.261 e. The maximum atomic E-state index is 11.8. The molecule has 0 aromatic carbocycles. The first-order chi connectivity index (χ1) is 7.68. The minimum absolute atomic E-state index is 0.0286. The van der Waals surface area contributed by atoms with Crippen LogP contribution in [0.3, 0.4) is 0 Å². The fourth-order valence-electron chi connectivity index (χ4n) is 1.60. The van der Waals surface area contributed by atoms with Gasteiger partial charge in [-0.1, -0.05) is 28.9 Å². The second-order valence-electron chi connectivity index (χ2n) is 4.82. The molecule has 0 spiro atoms. The number of rotatable bonds is 4. The monoisotopic (exact) mass is 319 g/mol. The highest BCUT2D eigenvalue weighted by atomic mass is 79.9. The average Bonchev–Trinajstić information content (AvgIpc) is 2.26. The fraction of sp³-hybridized carbons (Fsp3) is 0.583. The van der Waals surface area contributed by atoms with Crippen molar-refractivity contribution in [3.8, 4) is 0 Å². The molecule has 0 saturated carbocycles. The predicted molar refractivity (Wildman–Crippen MR) is 74.3 cm³/mol. The van der Waals surface area contributed by atoms with Gasteiger partial charge in [0, 0.05) is 28.9 Å². The van der Waals surface area contributed by atoms with Gasteiger partial charge in [0.2, 0.25) is 0 Å². The Labute approximate surface area is 112 Å². The summed E-state index contributed by atoms with van der Waals surface area (Å²) >= 11 is 3.52. The van der Waals surface area contributed by atoms with Crippen molar-refractivity contribution in [2.75, 3.05) is 6.26 Å². The normalized spacial score (nSPS) is 16.5. The van der Waals surface area contributed by atoms with Gasteiger partial charge >= 0.3 is 0 Å². The molecule has 17 heavy (non-hydrogen) atoms. The van der Waals surface area contributed by atoms with Crippen LogP contribution in [-0.4, -0.2) is 29.2 Å². The summed E-state index contributed by atoms with van der Waals surface area (Å²) in [5.41, 5.74) is 0.895. The lowest BCUT2D eigenvalue weighted by Gasteiger charge is -2.32. The van der Waals surface area contributed by atoms with Crippen molar-refractivity contribution in [1.29, 1.82) is 0 Å². The van der Waals surface area contributed by atoms with Crippen LogP contribution in [0, 0.1) is 0 Å². The van der Waals surface area contributed by atoms with E-state index in [2.05, 4.69) is 20.9 Å². The summed E-state index contributed by atoms with van der Waals surface area (Å²) in [5.74, 6) is 0.0286. The van der Waals surface area contributed by atoms with Crippen LogP contribution in [0.1, 0.15) is 32.4 Å².